The van der Waals surface area contributed by atoms with Crippen molar-refractivity contribution in [2.75, 3.05) is 0 Å². The molecule has 0 saturated carbocycles. The van der Waals surface area contributed by atoms with Crippen molar-refractivity contribution in [3.63, 3.8) is 0 Å². The molecule has 1 rings (SSSR count). The van der Waals surface area contributed by atoms with Crippen LogP contribution in [0.15, 0.2) is 15.9 Å². The molecule has 0 spiro atoms. The predicted molar refractivity (Wildman–Crippen MR) is 37.0 cm³/mol. The second-order valence-corrected chi connectivity index (χ2v) is 3.37. The lowest BCUT2D eigenvalue weighted by Crippen LogP contribution is -2.01. The molecule has 0 saturated heterocycles. The summed E-state index contributed by atoms with van der Waals surface area (Å²) in [6, 6.07) is 1.38. The third-order valence-electron chi connectivity index (χ3n) is 0.875. The summed E-state index contributed by atoms with van der Waals surface area (Å²) in [5, 5.41) is 1.40. The maximum atomic E-state index is 11.9. The number of hydrogen-bond acceptors (Lipinski definition) is 1. The van der Waals surface area contributed by atoms with Crippen molar-refractivity contribution in [1.82, 2.24) is 0 Å². The Balaban J connectivity index is 3.05. The molecule has 1 aromatic rings. The van der Waals surface area contributed by atoms with E-state index >= 15 is 0 Å². The largest absolute Gasteiger partial charge is 0.426 e. The lowest BCUT2D eigenvalue weighted by atomic mass is 10.5. The molecule has 0 aromatic carbocycles. The summed E-state index contributed by atoms with van der Waals surface area (Å²) in [6.07, 6.45) is -4.22. The minimum atomic E-state index is -4.22. The molecule has 0 unspecified atom stereocenters. The Labute approximate surface area is 67.8 Å². The average Bonchev–Trinajstić information content (AvgIpc) is 2.11. The van der Waals surface area contributed by atoms with Gasteiger partial charge in [0.05, 0.1) is 0 Å². The fourth-order valence-corrected chi connectivity index (χ4v) is 1.96. The quantitative estimate of drug-likeness (QED) is 0.640. The molecule has 5 heteroatoms. The Morgan fingerprint density at radius 2 is 2.00 bits per heavy atom. The Kier molecular flexibility index (Phi) is 2.05. The Hall–Kier alpha value is -0.0300. The van der Waals surface area contributed by atoms with Gasteiger partial charge in [0.1, 0.15) is 4.88 Å². The van der Waals surface area contributed by atoms with Gasteiger partial charge < -0.3 is 0 Å². The molecule has 0 aliphatic rings. The maximum Gasteiger partial charge on any atom is 0.426 e. The highest BCUT2D eigenvalue weighted by Crippen LogP contribution is 2.38. The molecule has 0 aliphatic heterocycles. The number of hydrogen-bond donors (Lipinski definition) is 0. The van der Waals surface area contributed by atoms with E-state index in [9.17, 15) is 13.2 Å². The SMILES string of the molecule is FC(F)(F)c1sccc1Br. The molecule has 1 heterocycles. The number of rotatable bonds is 0. The first-order valence-electron chi connectivity index (χ1n) is 2.32. The summed E-state index contributed by atoms with van der Waals surface area (Å²) in [5.41, 5.74) is 0. The van der Waals surface area contributed by atoms with Crippen LogP contribution in [-0.4, -0.2) is 0 Å². The minimum absolute atomic E-state index is 0.116. The van der Waals surface area contributed by atoms with E-state index < -0.39 is 11.1 Å². The molecular weight excluding hydrogens is 229 g/mol. The topological polar surface area (TPSA) is 0 Å². The molecule has 0 atom stereocenters. The van der Waals surface area contributed by atoms with E-state index in [2.05, 4.69) is 15.9 Å². The van der Waals surface area contributed by atoms with Gasteiger partial charge in [-0.25, -0.2) is 0 Å². The van der Waals surface area contributed by atoms with Gasteiger partial charge in [-0.2, -0.15) is 13.2 Å². The maximum absolute atomic E-state index is 11.9. The van der Waals surface area contributed by atoms with Crippen molar-refractivity contribution in [2.45, 2.75) is 6.18 Å². The van der Waals surface area contributed by atoms with Gasteiger partial charge in [0, 0.05) is 4.47 Å². The van der Waals surface area contributed by atoms with Gasteiger partial charge in [-0.3, -0.25) is 0 Å². The van der Waals surface area contributed by atoms with Crippen LogP contribution in [0.4, 0.5) is 13.2 Å². The Morgan fingerprint density at radius 1 is 1.40 bits per heavy atom. The number of alkyl halides is 3. The first kappa shape index (κ1) is 8.07. The molecule has 0 aliphatic carbocycles. The van der Waals surface area contributed by atoms with E-state index in [0.29, 0.717) is 11.3 Å². The molecule has 0 amide bonds. The molecule has 10 heavy (non-hydrogen) atoms. The summed E-state index contributed by atoms with van der Waals surface area (Å²) < 4.78 is 35.7. The van der Waals surface area contributed by atoms with Crippen LogP contribution in [0.5, 0.6) is 0 Å². The summed E-state index contributed by atoms with van der Waals surface area (Å²) in [4.78, 5) is -0.576. The molecule has 0 fully saturated rings. The molecular formula is C5H2BrF3S. The highest BCUT2D eigenvalue weighted by Gasteiger charge is 2.34. The summed E-state index contributed by atoms with van der Waals surface area (Å²) >= 11 is 3.48. The van der Waals surface area contributed by atoms with Crippen LogP contribution in [0.25, 0.3) is 0 Å². The van der Waals surface area contributed by atoms with Gasteiger partial charge in [0.2, 0.25) is 0 Å². The zero-order chi connectivity index (χ0) is 7.78. The normalized spacial score (nSPS) is 12.0. The standard InChI is InChI=1S/C5H2BrF3S/c6-3-1-2-10-4(3)5(7,8)9/h1-2H. The highest BCUT2D eigenvalue weighted by molar-refractivity contribution is 9.10. The van der Waals surface area contributed by atoms with Crippen LogP contribution < -0.4 is 0 Å². The average molecular weight is 231 g/mol. The zero-order valence-electron chi connectivity index (χ0n) is 4.57. The van der Waals surface area contributed by atoms with Gasteiger partial charge in [-0.15, -0.1) is 11.3 Å². The summed E-state index contributed by atoms with van der Waals surface area (Å²) in [5.74, 6) is 0. The van der Waals surface area contributed by atoms with Crippen LogP contribution in [-0.2, 0) is 6.18 Å². The van der Waals surface area contributed by atoms with E-state index in [-0.39, 0.29) is 4.47 Å². The van der Waals surface area contributed by atoms with E-state index in [1.807, 2.05) is 0 Å². The second kappa shape index (κ2) is 2.54. The minimum Gasteiger partial charge on any atom is -0.165 e. The molecule has 0 bridgehead atoms. The number of thiophene rings is 1. The Morgan fingerprint density at radius 3 is 2.20 bits per heavy atom. The Bertz CT molecular complexity index is 227. The van der Waals surface area contributed by atoms with Crippen LogP contribution >= 0.6 is 27.3 Å². The summed E-state index contributed by atoms with van der Waals surface area (Å²) in [6.45, 7) is 0. The van der Waals surface area contributed by atoms with Crippen molar-refractivity contribution < 1.29 is 13.2 Å². The van der Waals surface area contributed by atoms with Gasteiger partial charge >= 0.3 is 6.18 Å². The zero-order valence-corrected chi connectivity index (χ0v) is 6.98. The molecule has 0 N–H and O–H groups in total. The van der Waals surface area contributed by atoms with E-state index in [4.69, 9.17) is 0 Å². The van der Waals surface area contributed by atoms with Crippen LogP contribution in [0.1, 0.15) is 4.88 Å². The highest BCUT2D eigenvalue weighted by atomic mass is 79.9. The van der Waals surface area contributed by atoms with E-state index in [1.165, 1.54) is 11.4 Å². The third kappa shape index (κ3) is 1.52. The van der Waals surface area contributed by atoms with Crippen LogP contribution in [0, 0.1) is 0 Å². The molecule has 0 radical (unpaired) electrons. The van der Waals surface area contributed by atoms with E-state index in [1.54, 1.807) is 0 Å². The smallest absolute Gasteiger partial charge is 0.165 e. The van der Waals surface area contributed by atoms with Crippen molar-refractivity contribution in [2.24, 2.45) is 0 Å². The predicted octanol–water partition coefficient (Wildman–Crippen LogP) is 3.53. The first-order chi connectivity index (χ1) is 4.52. The van der Waals surface area contributed by atoms with Gasteiger partial charge in [-0.05, 0) is 27.4 Å². The van der Waals surface area contributed by atoms with Crippen molar-refractivity contribution in [1.29, 1.82) is 0 Å². The molecule has 0 nitrogen and oxygen atoms in total. The van der Waals surface area contributed by atoms with Gasteiger partial charge in [-0.1, -0.05) is 0 Å². The lowest BCUT2D eigenvalue weighted by molar-refractivity contribution is -0.134. The monoisotopic (exact) mass is 230 g/mol. The van der Waals surface area contributed by atoms with Crippen LogP contribution in [0.3, 0.4) is 0 Å². The summed E-state index contributed by atoms with van der Waals surface area (Å²) in [7, 11) is 0. The third-order valence-corrected chi connectivity index (χ3v) is 2.76. The fraction of sp³-hybridized carbons (Fsp3) is 0.200. The second-order valence-electron chi connectivity index (χ2n) is 1.60. The lowest BCUT2D eigenvalue weighted by Gasteiger charge is -2.01. The van der Waals surface area contributed by atoms with Gasteiger partial charge in [0.25, 0.3) is 0 Å². The van der Waals surface area contributed by atoms with Gasteiger partial charge in [0.15, 0.2) is 0 Å². The van der Waals surface area contributed by atoms with Crippen molar-refractivity contribution >= 4 is 27.3 Å². The van der Waals surface area contributed by atoms with Crippen molar-refractivity contribution in [3.05, 3.63) is 20.8 Å². The first-order valence-corrected chi connectivity index (χ1v) is 3.99. The van der Waals surface area contributed by atoms with Crippen LogP contribution in [0.2, 0.25) is 0 Å². The van der Waals surface area contributed by atoms with Crippen molar-refractivity contribution in [3.8, 4) is 0 Å². The molecule has 1 aromatic heterocycles. The fourth-order valence-electron chi connectivity index (χ4n) is 0.496. The molecule has 56 valence electrons. The number of halogens is 4. The van der Waals surface area contributed by atoms with E-state index in [0.717, 1.165) is 0 Å².